The van der Waals surface area contributed by atoms with Gasteiger partial charge in [-0.15, -0.1) is 0 Å². The van der Waals surface area contributed by atoms with Crippen LogP contribution in [0.25, 0.3) is 16.7 Å². The summed E-state index contributed by atoms with van der Waals surface area (Å²) < 4.78 is 15.6. The molecule has 0 bridgehead atoms. The van der Waals surface area contributed by atoms with Gasteiger partial charge in [-0.2, -0.15) is 0 Å². The Morgan fingerprint density at radius 1 is 1.26 bits per heavy atom. The van der Waals surface area contributed by atoms with Crippen LogP contribution in [0.1, 0.15) is 0 Å². The van der Waals surface area contributed by atoms with Crippen molar-refractivity contribution in [2.45, 2.75) is 0 Å². The SMILES string of the molecule is Nc1nc2cc(F)ccc2n1-c1cccc(Cl)c1Br. The highest BCUT2D eigenvalue weighted by Crippen LogP contribution is 2.32. The van der Waals surface area contributed by atoms with E-state index in [4.69, 9.17) is 17.3 Å². The number of imidazole rings is 1. The van der Waals surface area contributed by atoms with Gasteiger partial charge in [-0.1, -0.05) is 17.7 Å². The third-order valence-corrected chi connectivity index (χ3v) is 4.19. The average Bonchev–Trinajstić information content (AvgIpc) is 2.68. The largest absolute Gasteiger partial charge is 0.369 e. The number of anilines is 1. The topological polar surface area (TPSA) is 43.8 Å². The van der Waals surface area contributed by atoms with Crippen molar-refractivity contribution in [2.24, 2.45) is 0 Å². The fourth-order valence-electron chi connectivity index (χ4n) is 1.99. The second-order valence-corrected chi connectivity index (χ2v) is 5.21. The molecule has 0 atom stereocenters. The van der Waals surface area contributed by atoms with Crippen molar-refractivity contribution in [1.29, 1.82) is 0 Å². The third kappa shape index (κ3) is 1.99. The summed E-state index contributed by atoms with van der Waals surface area (Å²) >= 11 is 9.50. The zero-order valence-electron chi connectivity index (χ0n) is 9.57. The minimum absolute atomic E-state index is 0.281. The molecule has 2 N–H and O–H groups in total. The summed E-state index contributed by atoms with van der Waals surface area (Å²) in [7, 11) is 0. The number of hydrogen-bond acceptors (Lipinski definition) is 2. The van der Waals surface area contributed by atoms with E-state index in [9.17, 15) is 4.39 Å². The lowest BCUT2D eigenvalue weighted by Gasteiger charge is -2.09. The van der Waals surface area contributed by atoms with E-state index in [0.29, 0.717) is 15.0 Å². The van der Waals surface area contributed by atoms with E-state index in [1.54, 1.807) is 16.7 Å². The standard InChI is InChI=1S/C13H8BrClFN3/c14-12-8(15)2-1-3-11(12)19-10-5-4-7(16)6-9(10)18-13(19)17/h1-6H,(H2,17,18). The molecule has 3 nitrogen and oxygen atoms in total. The molecule has 0 fully saturated rings. The number of rotatable bonds is 1. The second kappa shape index (κ2) is 4.51. The molecule has 19 heavy (non-hydrogen) atoms. The van der Waals surface area contributed by atoms with Crippen LogP contribution in [-0.4, -0.2) is 9.55 Å². The van der Waals surface area contributed by atoms with Crippen molar-refractivity contribution >= 4 is 44.5 Å². The van der Waals surface area contributed by atoms with Crippen LogP contribution >= 0.6 is 27.5 Å². The first kappa shape index (κ1) is 12.4. The molecule has 0 unspecified atom stereocenters. The normalized spacial score (nSPS) is 11.1. The number of nitrogens with two attached hydrogens (primary N) is 1. The summed E-state index contributed by atoms with van der Waals surface area (Å²) in [6.07, 6.45) is 0. The lowest BCUT2D eigenvalue weighted by atomic mass is 10.2. The molecule has 0 aliphatic heterocycles. The summed E-state index contributed by atoms with van der Waals surface area (Å²) in [5.74, 6) is -0.0640. The maximum atomic E-state index is 13.2. The van der Waals surface area contributed by atoms with Gasteiger partial charge < -0.3 is 5.73 Å². The van der Waals surface area contributed by atoms with Crippen LogP contribution in [-0.2, 0) is 0 Å². The van der Waals surface area contributed by atoms with Crippen molar-refractivity contribution in [1.82, 2.24) is 9.55 Å². The summed E-state index contributed by atoms with van der Waals surface area (Å²) in [4.78, 5) is 4.16. The van der Waals surface area contributed by atoms with E-state index >= 15 is 0 Å². The number of halogens is 3. The Morgan fingerprint density at radius 2 is 2.05 bits per heavy atom. The Morgan fingerprint density at radius 3 is 2.84 bits per heavy atom. The van der Waals surface area contributed by atoms with Gasteiger partial charge in [0.15, 0.2) is 0 Å². The van der Waals surface area contributed by atoms with Crippen molar-refractivity contribution in [3.8, 4) is 5.69 Å². The Bertz CT molecular complexity index is 785. The quantitative estimate of drug-likeness (QED) is 0.723. The van der Waals surface area contributed by atoms with Gasteiger partial charge in [-0.25, -0.2) is 9.37 Å². The van der Waals surface area contributed by atoms with Crippen LogP contribution in [0.4, 0.5) is 10.3 Å². The molecule has 1 aromatic heterocycles. The lowest BCUT2D eigenvalue weighted by molar-refractivity contribution is 0.629. The van der Waals surface area contributed by atoms with Gasteiger partial charge in [-0.05, 0) is 40.2 Å². The number of aromatic nitrogens is 2. The molecule has 0 saturated carbocycles. The van der Waals surface area contributed by atoms with E-state index in [1.807, 2.05) is 12.1 Å². The molecule has 3 rings (SSSR count). The van der Waals surface area contributed by atoms with E-state index in [-0.39, 0.29) is 11.8 Å². The first-order valence-corrected chi connectivity index (χ1v) is 6.63. The van der Waals surface area contributed by atoms with Gasteiger partial charge in [0.25, 0.3) is 0 Å². The molecular weight excluding hydrogens is 333 g/mol. The predicted octanol–water partition coefficient (Wildman–Crippen LogP) is 4.16. The van der Waals surface area contributed by atoms with Crippen LogP contribution in [0.2, 0.25) is 5.02 Å². The monoisotopic (exact) mass is 339 g/mol. The first-order chi connectivity index (χ1) is 9.08. The zero-order valence-corrected chi connectivity index (χ0v) is 11.9. The molecular formula is C13H8BrClFN3. The first-order valence-electron chi connectivity index (χ1n) is 5.46. The molecule has 0 saturated heterocycles. The summed E-state index contributed by atoms with van der Waals surface area (Å²) in [5, 5.41) is 0.570. The molecule has 6 heteroatoms. The summed E-state index contributed by atoms with van der Waals surface area (Å²) in [6.45, 7) is 0. The van der Waals surface area contributed by atoms with Gasteiger partial charge >= 0.3 is 0 Å². The number of nitrogen functional groups attached to an aromatic ring is 1. The number of benzene rings is 2. The average molecular weight is 341 g/mol. The highest BCUT2D eigenvalue weighted by Gasteiger charge is 2.14. The molecule has 96 valence electrons. The lowest BCUT2D eigenvalue weighted by Crippen LogP contribution is -2.01. The second-order valence-electron chi connectivity index (χ2n) is 4.01. The van der Waals surface area contributed by atoms with Gasteiger partial charge in [0.05, 0.1) is 26.2 Å². The Kier molecular flexibility index (Phi) is 2.95. The Labute approximate surface area is 121 Å². The number of fused-ring (bicyclic) bond motifs is 1. The summed E-state index contributed by atoms with van der Waals surface area (Å²) in [5.41, 5.74) is 7.91. The third-order valence-electron chi connectivity index (χ3n) is 2.81. The maximum absolute atomic E-state index is 13.2. The fourth-order valence-corrected chi connectivity index (χ4v) is 2.60. The van der Waals surface area contributed by atoms with E-state index < -0.39 is 0 Å². The van der Waals surface area contributed by atoms with E-state index in [1.165, 1.54) is 12.1 Å². The van der Waals surface area contributed by atoms with Crippen LogP contribution in [0.3, 0.4) is 0 Å². The molecule has 1 heterocycles. The van der Waals surface area contributed by atoms with Crippen molar-refractivity contribution in [2.75, 3.05) is 5.73 Å². The molecule has 0 spiro atoms. The maximum Gasteiger partial charge on any atom is 0.205 e. The zero-order chi connectivity index (χ0) is 13.6. The summed E-state index contributed by atoms with van der Waals surface area (Å²) in [6, 6.07) is 9.80. The van der Waals surface area contributed by atoms with Crippen LogP contribution < -0.4 is 5.73 Å². The molecule has 0 aliphatic rings. The van der Waals surface area contributed by atoms with Crippen LogP contribution in [0, 0.1) is 5.82 Å². The van der Waals surface area contributed by atoms with Gasteiger partial charge in [0, 0.05) is 6.07 Å². The van der Waals surface area contributed by atoms with Crippen molar-refractivity contribution in [3.63, 3.8) is 0 Å². The Balaban J connectivity index is 2.36. The van der Waals surface area contributed by atoms with Gasteiger partial charge in [0.1, 0.15) is 5.82 Å². The molecule has 2 aromatic carbocycles. The van der Waals surface area contributed by atoms with Crippen molar-refractivity contribution in [3.05, 3.63) is 51.7 Å². The number of hydrogen-bond donors (Lipinski definition) is 1. The predicted molar refractivity (Wildman–Crippen MR) is 78.2 cm³/mol. The fraction of sp³-hybridized carbons (Fsp3) is 0. The smallest absolute Gasteiger partial charge is 0.205 e. The van der Waals surface area contributed by atoms with Crippen molar-refractivity contribution < 1.29 is 4.39 Å². The minimum Gasteiger partial charge on any atom is -0.369 e. The Hall–Kier alpha value is -1.59. The molecule has 0 aliphatic carbocycles. The highest BCUT2D eigenvalue weighted by molar-refractivity contribution is 9.10. The van der Waals surface area contributed by atoms with Gasteiger partial charge in [-0.3, -0.25) is 4.57 Å². The number of nitrogens with zero attached hydrogens (tertiary/aromatic N) is 2. The molecule has 3 aromatic rings. The minimum atomic E-state index is -0.345. The van der Waals surface area contributed by atoms with E-state index in [0.717, 1.165) is 11.2 Å². The highest BCUT2D eigenvalue weighted by atomic mass is 79.9. The molecule has 0 radical (unpaired) electrons. The molecule has 0 amide bonds. The van der Waals surface area contributed by atoms with Crippen LogP contribution in [0.5, 0.6) is 0 Å². The van der Waals surface area contributed by atoms with E-state index in [2.05, 4.69) is 20.9 Å². The van der Waals surface area contributed by atoms with Crippen LogP contribution in [0.15, 0.2) is 40.9 Å². The van der Waals surface area contributed by atoms with Gasteiger partial charge in [0.2, 0.25) is 5.95 Å².